The van der Waals surface area contributed by atoms with Crippen LogP contribution in [0.2, 0.25) is 0 Å². The van der Waals surface area contributed by atoms with Crippen molar-refractivity contribution in [1.82, 2.24) is 9.21 Å². The largest absolute Gasteiger partial charge is 0.297 e. The third-order valence-electron chi connectivity index (χ3n) is 5.28. The Hall–Kier alpha value is -0.640. The minimum absolute atomic E-state index is 0.0181. The van der Waals surface area contributed by atoms with E-state index in [1.165, 1.54) is 12.8 Å². The number of hydrogen-bond acceptors (Lipinski definition) is 4. The van der Waals surface area contributed by atoms with E-state index in [9.17, 15) is 13.7 Å². The van der Waals surface area contributed by atoms with Crippen molar-refractivity contribution in [3.8, 4) is 6.07 Å². The summed E-state index contributed by atoms with van der Waals surface area (Å²) >= 11 is 0. The first-order valence-corrected chi connectivity index (χ1v) is 9.72. The standard InChI is InChI=1S/C15H25N3O2S/c1-13-10-17(14-4-5-14)8-9-18(13)21(19,20)12-15(11-16)6-2-3-7-15/h13-14H,2-10,12H2,1H3. The second kappa shape index (κ2) is 5.53. The smallest absolute Gasteiger partial charge is 0.216 e. The van der Waals surface area contributed by atoms with Crippen molar-refractivity contribution < 1.29 is 8.42 Å². The van der Waals surface area contributed by atoms with Gasteiger partial charge in [0.1, 0.15) is 0 Å². The van der Waals surface area contributed by atoms with E-state index in [-0.39, 0.29) is 11.8 Å². The molecule has 3 rings (SSSR count). The van der Waals surface area contributed by atoms with Gasteiger partial charge in [-0.2, -0.15) is 9.57 Å². The van der Waals surface area contributed by atoms with Crippen molar-refractivity contribution in [2.75, 3.05) is 25.4 Å². The van der Waals surface area contributed by atoms with Crippen LogP contribution in [0.3, 0.4) is 0 Å². The Morgan fingerprint density at radius 2 is 1.90 bits per heavy atom. The lowest BCUT2D eigenvalue weighted by atomic mass is 9.91. The molecule has 0 bridgehead atoms. The topological polar surface area (TPSA) is 64.4 Å². The fourth-order valence-corrected chi connectivity index (χ4v) is 6.12. The average molecular weight is 311 g/mol. The molecule has 2 aliphatic carbocycles. The maximum absolute atomic E-state index is 12.8. The van der Waals surface area contributed by atoms with E-state index in [2.05, 4.69) is 11.0 Å². The van der Waals surface area contributed by atoms with E-state index in [0.717, 1.165) is 38.8 Å². The molecule has 3 aliphatic rings. The van der Waals surface area contributed by atoms with Crippen LogP contribution in [-0.4, -0.2) is 55.1 Å². The normalized spacial score (nSPS) is 31.1. The van der Waals surface area contributed by atoms with Crippen LogP contribution in [0.15, 0.2) is 0 Å². The van der Waals surface area contributed by atoms with Crippen LogP contribution in [0.1, 0.15) is 45.4 Å². The van der Waals surface area contributed by atoms with Gasteiger partial charge in [0.05, 0.1) is 17.2 Å². The van der Waals surface area contributed by atoms with E-state index in [1.54, 1.807) is 4.31 Å². The first-order chi connectivity index (χ1) is 9.96. The number of nitrogens with zero attached hydrogens (tertiary/aromatic N) is 3. The van der Waals surface area contributed by atoms with Crippen LogP contribution in [0.4, 0.5) is 0 Å². The van der Waals surface area contributed by atoms with Gasteiger partial charge in [-0.15, -0.1) is 0 Å². The van der Waals surface area contributed by atoms with Gasteiger partial charge in [-0.25, -0.2) is 8.42 Å². The SMILES string of the molecule is CC1CN(C2CC2)CCN1S(=O)(=O)CC1(C#N)CCCC1. The van der Waals surface area contributed by atoms with Crippen molar-refractivity contribution in [3.63, 3.8) is 0 Å². The van der Waals surface area contributed by atoms with Crippen LogP contribution in [-0.2, 0) is 10.0 Å². The van der Waals surface area contributed by atoms with Gasteiger partial charge in [0.15, 0.2) is 0 Å². The van der Waals surface area contributed by atoms with Gasteiger partial charge in [-0.1, -0.05) is 12.8 Å². The summed E-state index contributed by atoms with van der Waals surface area (Å²) in [5, 5.41) is 9.43. The van der Waals surface area contributed by atoms with Crippen molar-refractivity contribution in [1.29, 1.82) is 5.26 Å². The summed E-state index contributed by atoms with van der Waals surface area (Å²) < 4.78 is 27.2. The monoisotopic (exact) mass is 311 g/mol. The molecule has 0 aromatic carbocycles. The molecule has 0 radical (unpaired) electrons. The Bertz CT molecular complexity index is 530. The van der Waals surface area contributed by atoms with Gasteiger partial charge in [0, 0.05) is 31.7 Å². The highest BCUT2D eigenvalue weighted by Crippen LogP contribution is 2.39. The molecule has 3 fully saturated rings. The van der Waals surface area contributed by atoms with Gasteiger partial charge < -0.3 is 0 Å². The lowest BCUT2D eigenvalue weighted by Crippen LogP contribution is -2.55. The van der Waals surface area contributed by atoms with Gasteiger partial charge in [0.25, 0.3) is 0 Å². The zero-order chi connectivity index (χ0) is 15.1. The van der Waals surface area contributed by atoms with Crippen LogP contribution in [0.5, 0.6) is 0 Å². The quantitative estimate of drug-likeness (QED) is 0.790. The summed E-state index contributed by atoms with van der Waals surface area (Å²) in [6, 6.07) is 3.03. The number of nitriles is 1. The molecule has 118 valence electrons. The summed E-state index contributed by atoms with van der Waals surface area (Å²) in [7, 11) is -3.33. The van der Waals surface area contributed by atoms with E-state index in [1.807, 2.05) is 6.92 Å². The van der Waals surface area contributed by atoms with E-state index in [0.29, 0.717) is 12.6 Å². The molecule has 1 saturated heterocycles. The predicted molar refractivity (Wildman–Crippen MR) is 81.1 cm³/mol. The Balaban J connectivity index is 1.68. The third kappa shape index (κ3) is 3.10. The molecule has 0 aromatic rings. The summed E-state index contributed by atoms with van der Waals surface area (Å²) in [5.41, 5.74) is -0.633. The zero-order valence-corrected chi connectivity index (χ0v) is 13.6. The van der Waals surface area contributed by atoms with Gasteiger partial charge >= 0.3 is 0 Å². The third-order valence-corrected chi connectivity index (χ3v) is 7.45. The van der Waals surface area contributed by atoms with Crippen LogP contribution < -0.4 is 0 Å². The Morgan fingerprint density at radius 1 is 1.24 bits per heavy atom. The molecule has 0 N–H and O–H groups in total. The summed E-state index contributed by atoms with van der Waals surface area (Å²) in [5.74, 6) is 0.0181. The first-order valence-electron chi connectivity index (χ1n) is 8.11. The lowest BCUT2D eigenvalue weighted by Gasteiger charge is -2.40. The average Bonchev–Trinajstić information content (AvgIpc) is 3.19. The Morgan fingerprint density at radius 3 is 2.43 bits per heavy atom. The second-order valence-corrected chi connectivity index (χ2v) is 8.96. The number of rotatable bonds is 4. The van der Waals surface area contributed by atoms with Gasteiger partial charge in [-0.3, -0.25) is 4.90 Å². The Labute approximate surface area is 128 Å². The van der Waals surface area contributed by atoms with E-state index < -0.39 is 15.4 Å². The minimum Gasteiger partial charge on any atom is -0.297 e. The van der Waals surface area contributed by atoms with Crippen molar-refractivity contribution in [2.45, 2.75) is 57.5 Å². The highest BCUT2D eigenvalue weighted by Gasteiger charge is 2.43. The number of hydrogen-bond donors (Lipinski definition) is 0. The predicted octanol–water partition coefficient (Wildman–Crippen LogP) is 1.57. The van der Waals surface area contributed by atoms with E-state index >= 15 is 0 Å². The summed E-state index contributed by atoms with van der Waals surface area (Å²) in [4.78, 5) is 2.42. The molecule has 1 heterocycles. The van der Waals surface area contributed by atoms with Crippen molar-refractivity contribution >= 4 is 10.0 Å². The van der Waals surface area contributed by atoms with Gasteiger partial charge in [0.2, 0.25) is 10.0 Å². The molecule has 0 amide bonds. The molecule has 2 saturated carbocycles. The highest BCUT2D eigenvalue weighted by atomic mass is 32.2. The van der Waals surface area contributed by atoms with E-state index in [4.69, 9.17) is 0 Å². The maximum atomic E-state index is 12.8. The Kier molecular flexibility index (Phi) is 4.02. The first kappa shape index (κ1) is 15.3. The molecule has 5 nitrogen and oxygen atoms in total. The maximum Gasteiger partial charge on any atom is 0.216 e. The van der Waals surface area contributed by atoms with Crippen LogP contribution >= 0.6 is 0 Å². The second-order valence-electron chi connectivity index (χ2n) is 7.04. The number of sulfonamides is 1. The molecular weight excluding hydrogens is 286 g/mol. The van der Waals surface area contributed by atoms with Gasteiger partial charge in [-0.05, 0) is 32.6 Å². The molecule has 1 atom stereocenters. The lowest BCUT2D eigenvalue weighted by molar-refractivity contribution is 0.136. The summed E-state index contributed by atoms with van der Waals surface area (Å²) in [6.45, 7) is 4.26. The molecule has 0 aromatic heterocycles. The van der Waals surface area contributed by atoms with Crippen LogP contribution in [0.25, 0.3) is 0 Å². The minimum atomic E-state index is -3.33. The molecule has 21 heavy (non-hydrogen) atoms. The number of piperazine rings is 1. The molecule has 1 unspecified atom stereocenters. The highest BCUT2D eigenvalue weighted by molar-refractivity contribution is 7.89. The zero-order valence-electron chi connectivity index (χ0n) is 12.8. The molecule has 1 aliphatic heterocycles. The molecular formula is C15H25N3O2S. The molecule has 6 heteroatoms. The fourth-order valence-electron chi connectivity index (χ4n) is 3.93. The summed E-state index contributed by atoms with van der Waals surface area (Å²) in [6.07, 6.45) is 5.95. The van der Waals surface area contributed by atoms with Crippen molar-refractivity contribution in [2.24, 2.45) is 5.41 Å². The molecule has 0 spiro atoms. The van der Waals surface area contributed by atoms with Crippen LogP contribution in [0, 0.1) is 16.7 Å². The van der Waals surface area contributed by atoms with Crippen molar-refractivity contribution in [3.05, 3.63) is 0 Å². The fraction of sp³-hybridized carbons (Fsp3) is 0.933.